The largest absolute Gasteiger partial charge is 0.398 e. The second kappa shape index (κ2) is 5.01. The van der Waals surface area contributed by atoms with Crippen LogP contribution in [0.1, 0.15) is 0 Å². The van der Waals surface area contributed by atoms with Crippen molar-refractivity contribution in [3.05, 3.63) is 53.7 Å². The molecule has 0 fully saturated rings. The predicted octanol–water partition coefficient (Wildman–Crippen LogP) is 3.42. The highest BCUT2D eigenvalue weighted by atomic mass is 32.2. The van der Waals surface area contributed by atoms with E-state index in [-0.39, 0.29) is 5.69 Å². The molecule has 4 nitrogen and oxygen atoms in total. The summed E-state index contributed by atoms with van der Waals surface area (Å²) in [5.74, 6) is -0.876. The lowest BCUT2D eigenvalue weighted by molar-refractivity contribution is 0.572. The molecule has 0 aliphatic heterocycles. The van der Waals surface area contributed by atoms with E-state index in [1.165, 1.54) is 12.1 Å². The van der Waals surface area contributed by atoms with Crippen LogP contribution in [0.4, 0.5) is 15.8 Å². The summed E-state index contributed by atoms with van der Waals surface area (Å²) in [6.45, 7) is 0. The van der Waals surface area contributed by atoms with Gasteiger partial charge in [0.05, 0.1) is 5.69 Å². The summed E-state index contributed by atoms with van der Waals surface area (Å²) in [6, 6.07) is 10.8. The summed E-state index contributed by atoms with van der Waals surface area (Å²) in [5, 5.41) is 2.83. The highest BCUT2D eigenvalue weighted by Gasteiger charge is 2.22. The predicted molar refractivity (Wildman–Crippen MR) is 83.4 cm³/mol. The number of benzene rings is 2. The van der Waals surface area contributed by atoms with Gasteiger partial charge in [-0.1, -0.05) is 6.07 Å². The van der Waals surface area contributed by atoms with Crippen molar-refractivity contribution in [2.75, 3.05) is 10.5 Å². The van der Waals surface area contributed by atoms with Gasteiger partial charge in [0.1, 0.15) is 10.7 Å². The summed E-state index contributed by atoms with van der Waals surface area (Å²) >= 11 is 1.56. The Morgan fingerprint density at radius 2 is 1.95 bits per heavy atom. The summed E-state index contributed by atoms with van der Waals surface area (Å²) in [7, 11) is -4.07. The maximum Gasteiger partial charge on any atom is 0.266 e. The fourth-order valence-corrected chi connectivity index (χ4v) is 4.06. The molecular formula is C14H11FN2O2S2. The van der Waals surface area contributed by atoms with Gasteiger partial charge in [0.2, 0.25) is 0 Å². The average Bonchev–Trinajstić information content (AvgIpc) is 2.85. The monoisotopic (exact) mass is 322 g/mol. The van der Waals surface area contributed by atoms with Crippen LogP contribution in [0.5, 0.6) is 0 Å². The Bertz CT molecular complexity index is 899. The number of halogens is 1. The summed E-state index contributed by atoms with van der Waals surface area (Å²) in [5.41, 5.74) is 5.82. The van der Waals surface area contributed by atoms with Crippen LogP contribution in [0.15, 0.2) is 52.7 Å². The number of nitrogens with two attached hydrogens (primary N) is 1. The molecule has 0 spiro atoms. The molecular weight excluding hydrogens is 311 g/mol. The van der Waals surface area contributed by atoms with E-state index in [1.807, 2.05) is 17.5 Å². The van der Waals surface area contributed by atoms with Gasteiger partial charge in [-0.05, 0) is 47.2 Å². The fourth-order valence-electron chi connectivity index (χ4n) is 2.05. The first-order chi connectivity index (χ1) is 9.97. The van der Waals surface area contributed by atoms with E-state index in [0.29, 0.717) is 5.69 Å². The molecule has 0 radical (unpaired) electrons. The molecule has 1 heterocycles. The lowest BCUT2D eigenvalue weighted by Crippen LogP contribution is -2.16. The molecule has 0 aliphatic carbocycles. The van der Waals surface area contributed by atoms with Crippen LogP contribution in [-0.4, -0.2) is 8.42 Å². The average molecular weight is 322 g/mol. The van der Waals surface area contributed by atoms with Crippen molar-refractivity contribution in [2.45, 2.75) is 4.90 Å². The van der Waals surface area contributed by atoms with Crippen molar-refractivity contribution in [1.82, 2.24) is 0 Å². The molecule has 2 aromatic carbocycles. The topological polar surface area (TPSA) is 72.2 Å². The molecule has 108 valence electrons. The summed E-state index contributed by atoms with van der Waals surface area (Å²) in [6.07, 6.45) is 0. The molecule has 7 heteroatoms. The molecule has 1 aromatic heterocycles. The Balaban J connectivity index is 2.03. The Morgan fingerprint density at radius 1 is 1.14 bits per heavy atom. The third kappa shape index (κ3) is 2.57. The van der Waals surface area contributed by atoms with Gasteiger partial charge in [-0.15, -0.1) is 11.3 Å². The normalized spacial score (nSPS) is 11.7. The van der Waals surface area contributed by atoms with Crippen LogP contribution in [0.3, 0.4) is 0 Å². The number of fused-ring (bicyclic) bond motifs is 1. The zero-order chi connectivity index (χ0) is 15.0. The SMILES string of the molecule is Nc1cccc(F)c1S(=O)(=O)Nc1ccc2sccc2c1. The van der Waals surface area contributed by atoms with Gasteiger partial charge in [-0.3, -0.25) is 4.72 Å². The smallest absolute Gasteiger partial charge is 0.266 e. The molecule has 0 saturated heterocycles. The number of hydrogen-bond acceptors (Lipinski definition) is 4. The van der Waals surface area contributed by atoms with Gasteiger partial charge in [-0.2, -0.15) is 0 Å². The third-order valence-electron chi connectivity index (χ3n) is 2.97. The number of thiophene rings is 1. The molecule has 0 atom stereocenters. The van der Waals surface area contributed by atoms with E-state index >= 15 is 0 Å². The van der Waals surface area contributed by atoms with E-state index in [9.17, 15) is 12.8 Å². The lowest BCUT2D eigenvalue weighted by Gasteiger charge is -2.11. The molecule has 3 rings (SSSR count). The van der Waals surface area contributed by atoms with E-state index in [2.05, 4.69) is 4.72 Å². The first-order valence-corrected chi connectivity index (χ1v) is 8.38. The van der Waals surface area contributed by atoms with Crippen molar-refractivity contribution >= 4 is 42.8 Å². The first-order valence-electron chi connectivity index (χ1n) is 6.01. The highest BCUT2D eigenvalue weighted by Crippen LogP contribution is 2.27. The lowest BCUT2D eigenvalue weighted by atomic mass is 10.2. The number of nitrogen functional groups attached to an aromatic ring is 1. The maximum absolute atomic E-state index is 13.8. The number of rotatable bonds is 3. The van der Waals surface area contributed by atoms with Gasteiger partial charge >= 0.3 is 0 Å². The Labute approximate surface area is 125 Å². The first kappa shape index (κ1) is 13.8. The number of sulfonamides is 1. The fraction of sp³-hybridized carbons (Fsp3) is 0. The third-order valence-corrected chi connectivity index (χ3v) is 5.34. The molecule has 0 bridgehead atoms. The zero-order valence-corrected chi connectivity index (χ0v) is 12.3. The molecule has 0 saturated carbocycles. The minimum atomic E-state index is -4.07. The minimum absolute atomic E-state index is 0.126. The van der Waals surface area contributed by atoms with Crippen LogP contribution >= 0.6 is 11.3 Å². The Morgan fingerprint density at radius 3 is 2.71 bits per heavy atom. The van der Waals surface area contributed by atoms with E-state index in [0.717, 1.165) is 16.2 Å². The quantitative estimate of drug-likeness (QED) is 0.726. The standard InChI is InChI=1S/C14H11FN2O2S2/c15-11-2-1-3-12(16)14(11)21(18,19)17-10-4-5-13-9(8-10)6-7-20-13/h1-8,17H,16H2. The zero-order valence-electron chi connectivity index (χ0n) is 10.7. The van der Waals surface area contributed by atoms with Gasteiger partial charge in [0.25, 0.3) is 10.0 Å². The van der Waals surface area contributed by atoms with Crippen LogP contribution in [0, 0.1) is 5.82 Å². The summed E-state index contributed by atoms with van der Waals surface area (Å²) < 4.78 is 41.7. The van der Waals surface area contributed by atoms with Crippen LogP contribution in [0.25, 0.3) is 10.1 Å². The minimum Gasteiger partial charge on any atom is -0.398 e. The molecule has 0 amide bonds. The summed E-state index contributed by atoms with van der Waals surface area (Å²) in [4.78, 5) is -0.532. The van der Waals surface area contributed by atoms with Crippen molar-refractivity contribution < 1.29 is 12.8 Å². The van der Waals surface area contributed by atoms with Gasteiger partial charge in [0.15, 0.2) is 0 Å². The van der Waals surface area contributed by atoms with Crippen molar-refractivity contribution in [2.24, 2.45) is 0 Å². The van der Waals surface area contributed by atoms with Crippen molar-refractivity contribution in [3.63, 3.8) is 0 Å². The second-order valence-electron chi connectivity index (χ2n) is 4.44. The van der Waals surface area contributed by atoms with E-state index in [1.54, 1.807) is 23.5 Å². The number of anilines is 2. The molecule has 0 aliphatic rings. The van der Waals surface area contributed by atoms with Gasteiger partial charge in [-0.25, -0.2) is 12.8 Å². The molecule has 0 unspecified atom stereocenters. The Hall–Kier alpha value is -2.12. The van der Waals surface area contributed by atoms with Crippen molar-refractivity contribution in [1.29, 1.82) is 0 Å². The van der Waals surface area contributed by atoms with E-state index < -0.39 is 20.7 Å². The maximum atomic E-state index is 13.8. The molecule has 3 N–H and O–H groups in total. The highest BCUT2D eigenvalue weighted by molar-refractivity contribution is 7.92. The second-order valence-corrected chi connectivity index (χ2v) is 7.00. The van der Waals surface area contributed by atoms with Gasteiger partial charge in [0, 0.05) is 10.4 Å². The van der Waals surface area contributed by atoms with Crippen LogP contribution in [-0.2, 0) is 10.0 Å². The number of nitrogens with one attached hydrogen (secondary N) is 1. The number of hydrogen-bond donors (Lipinski definition) is 2. The van der Waals surface area contributed by atoms with Crippen molar-refractivity contribution in [3.8, 4) is 0 Å². The Kier molecular flexibility index (Phi) is 3.30. The van der Waals surface area contributed by atoms with Crippen LogP contribution < -0.4 is 10.5 Å². The van der Waals surface area contributed by atoms with Crippen LogP contribution in [0.2, 0.25) is 0 Å². The van der Waals surface area contributed by atoms with Gasteiger partial charge < -0.3 is 5.73 Å². The molecule has 3 aromatic rings. The van der Waals surface area contributed by atoms with E-state index in [4.69, 9.17) is 5.73 Å². The molecule has 21 heavy (non-hydrogen) atoms.